The Morgan fingerprint density at radius 3 is 2.57 bits per heavy atom. The fourth-order valence-electron chi connectivity index (χ4n) is 2.90. The number of nitrogens with zero attached hydrogens (tertiary/aromatic N) is 1. The molecule has 1 heterocycles. The summed E-state index contributed by atoms with van der Waals surface area (Å²) in [6.45, 7) is 7.44. The summed E-state index contributed by atoms with van der Waals surface area (Å²) in [7, 11) is 0. The number of rotatable bonds is 4. The largest absolute Gasteiger partial charge is 0.399 e. The zero-order valence-electron chi connectivity index (χ0n) is 14.3. The van der Waals surface area contributed by atoms with E-state index in [1.165, 1.54) is 0 Å². The molecule has 0 unspecified atom stereocenters. The van der Waals surface area contributed by atoms with Crippen molar-refractivity contribution in [1.82, 2.24) is 10.2 Å². The lowest BCUT2D eigenvalue weighted by Crippen LogP contribution is -2.46. The van der Waals surface area contributed by atoms with Gasteiger partial charge < -0.3 is 16.0 Å². The van der Waals surface area contributed by atoms with E-state index in [9.17, 15) is 9.59 Å². The van der Waals surface area contributed by atoms with E-state index >= 15 is 0 Å². The molecule has 0 saturated carbocycles. The van der Waals surface area contributed by atoms with Gasteiger partial charge in [-0.2, -0.15) is 0 Å². The molecular formula is C18H27N3O2. The van der Waals surface area contributed by atoms with Crippen LogP contribution in [0.5, 0.6) is 0 Å². The van der Waals surface area contributed by atoms with Gasteiger partial charge in [-0.25, -0.2) is 0 Å². The Hall–Kier alpha value is -2.04. The van der Waals surface area contributed by atoms with E-state index in [0.717, 1.165) is 18.4 Å². The zero-order chi connectivity index (χ0) is 17.0. The van der Waals surface area contributed by atoms with E-state index in [-0.39, 0.29) is 17.9 Å². The summed E-state index contributed by atoms with van der Waals surface area (Å²) in [6.07, 6.45) is 2.20. The number of carbonyl (C=O) groups is 2. The lowest BCUT2D eigenvalue weighted by molar-refractivity contribution is -0.133. The first kappa shape index (κ1) is 17.3. The van der Waals surface area contributed by atoms with E-state index in [2.05, 4.69) is 19.2 Å². The molecule has 1 saturated heterocycles. The highest BCUT2D eigenvalue weighted by molar-refractivity contribution is 5.96. The van der Waals surface area contributed by atoms with Gasteiger partial charge in [0, 0.05) is 36.8 Å². The Balaban J connectivity index is 1.88. The van der Waals surface area contributed by atoms with Crippen molar-refractivity contribution >= 4 is 17.5 Å². The van der Waals surface area contributed by atoms with Crippen molar-refractivity contribution in [2.24, 2.45) is 5.92 Å². The number of hydrogen-bond donors (Lipinski definition) is 2. The maximum atomic E-state index is 12.4. The number of aryl methyl sites for hydroxylation is 1. The maximum absolute atomic E-state index is 12.4. The van der Waals surface area contributed by atoms with Crippen LogP contribution in [-0.4, -0.2) is 35.8 Å². The summed E-state index contributed by atoms with van der Waals surface area (Å²) in [5, 5.41) is 3.07. The summed E-state index contributed by atoms with van der Waals surface area (Å²) < 4.78 is 0. The molecule has 5 heteroatoms. The lowest BCUT2D eigenvalue weighted by Gasteiger charge is -2.33. The number of nitrogens with one attached hydrogen (secondary N) is 1. The van der Waals surface area contributed by atoms with Crippen LogP contribution in [0.1, 0.15) is 49.0 Å². The highest BCUT2D eigenvalue weighted by Gasteiger charge is 2.24. The minimum Gasteiger partial charge on any atom is -0.399 e. The standard InChI is InChI=1S/C18H27N3O2/c1-12(2)10-17(22)21-8-6-15(7-9-21)20-18(23)16-11-14(19)5-4-13(16)3/h4-5,11-12,15H,6-10,19H2,1-3H3,(H,20,23). The molecule has 5 nitrogen and oxygen atoms in total. The molecule has 1 aromatic rings. The summed E-state index contributed by atoms with van der Waals surface area (Å²) in [5.41, 5.74) is 7.90. The van der Waals surface area contributed by atoms with E-state index in [4.69, 9.17) is 5.73 Å². The second-order valence-corrected chi connectivity index (χ2v) is 6.80. The average molecular weight is 317 g/mol. The predicted octanol–water partition coefficient (Wildman–Crippen LogP) is 2.34. The number of benzene rings is 1. The molecule has 126 valence electrons. The number of nitrogen functional groups attached to an aromatic ring is 1. The van der Waals surface area contributed by atoms with Crippen LogP contribution < -0.4 is 11.1 Å². The van der Waals surface area contributed by atoms with Gasteiger partial charge >= 0.3 is 0 Å². The first-order valence-corrected chi connectivity index (χ1v) is 8.31. The summed E-state index contributed by atoms with van der Waals surface area (Å²) in [6, 6.07) is 5.49. The van der Waals surface area contributed by atoms with Crippen LogP contribution in [0.15, 0.2) is 18.2 Å². The molecule has 2 amide bonds. The molecule has 2 rings (SSSR count). The topological polar surface area (TPSA) is 75.4 Å². The number of nitrogens with two attached hydrogens (primary N) is 1. The van der Waals surface area contributed by atoms with Crippen LogP contribution in [0.4, 0.5) is 5.69 Å². The van der Waals surface area contributed by atoms with Crippen molar-refractivity contribution in [3.63, 3.8) is 0 Å². The van der Waals surface area contributed by atoms with Gasteiger partial charge in [0.25, 0.3) is 5.91 Å². The molecule has 1 aromatic carbocycles. The van der Waals surface area contributed by atoms with Crippen LogP contribution >= 0.6 is 0 Å². The van der Waals surface area contributed by atoms with Gasteiger partial charge in [-0.1, -0.05) is 19.9 Å². The molecular weight excluding hydrogens is 290 g/mol. The van der Waals surface area contributed by atoms with Gasteiger partial charge in [-0.05, 0) is 43.4 Å². The smallest absolute Gasteiger partial charge is 0.251 e. The highest BCUT2D eigenvalue weighted by Crippen LogP contribution is 2.16. The third-order valence-corrected chi connectivity index (χ3v) is 4.27. The second kappa shape index (κ2) is 7.49. The first-order chi connectivity index (χ1) is 10.9. The monoisotopic (exact) mass is 317 g/mol. The average Bonchev–Trinajstić information content (AvgIpc) is 2.49. The molecule has 0 aromatic heterocycles. The summed E-state index contributed by atoms with van der Waals surface area (Å²) in [5.74, 6) is 0.518. The Morgan fingerprint density at radius 2 is 1.96 bits per heavy atom. The Kier molecular flexibility index (Phi) is 5.64. The van der Waals surface area contributed by atoms with Gasteiger partial charge in [-0.3, -0.25) is 9.59 Å². The minimum absolute atomic E-state index is 0.0817. The van der Waals surface area contributed by atoms with Crippen molar-refractivity contribution in [1.29, 1.82) is 0 Å². The SMILES string of the molecule is Cc1ccc(N)cc1C(=O)NC1CCN(C(=O)CC(C)C)CC1. The van der Waals surface area contributed by atoms with Crippen LogP contribution in [0, 0.1) is 12.8 Å². The number of amides is 2. The number of carbonyl (C=O) groups excluding carboxylic acids is 2. The zero-order valence-corrected chi connectivity index (χ0v) is 14.3. The molecule has 0 atom stereocenters. The number of likely N-dealkylation sites (tertiary alicyclic amines) is 1. The minimum atomic E-state index is -0.0817. The number of hydrogen-bond acceptors (Lipinski definition) is 3. The van der Waals surface area contributed by atoms with Gasteiger partial charge in [0.15, 0.2) is 0 Å². The van der Waals surface area contributed by atoms with Crippen LogP contribution in [0.25, 0.3) is 0 Å². The van der Waals surface area contributed by atoms with Crippen molar-refractivity contribution in [3.8, 4) is 0 Å². The van der Waals surface area contributed by atoms with Gasteiger partial charge in [0.1, 0.15) is 0 Å². The predicted molar refractivity (Wildman–Crippen MR) is 92.1 cm³/mol. The molecule has 1 fully saturated rings. The van der Waals surface area contributed by atoms with E-state index in [1.54, 1.807) is 12.1 Å². The Labute approximate surface area is 138 Å². The fourth-order valence-corrected chi connectivity index (χ4v) is 2.90. The molecule has 1 aliphatic heterocycles. The first-order valence-electron chi connectivity index (χ1n) is 8.31. The fraction of sp³-hybridized carbons (Fsp3) is 0.556. The van der Waals surface area contributed by atoms with Crippen molar-refractivity contribution in [2.75, 3.05) is 18.8 Å². The lowest BCUT2D eigenvalue weighted by atomic mass is 10.0. The third kappa shape index (κ3) is 4.71. The number of anilines is 1. The van der Waals surface area contributed by atoms with Gasteiger partial charge in [-0.15, -0.1) is 0 Å². The molecule has 0 aliphatic carbocycles. The normalized spacial score (nSPS) is 15.7. The van der Waals surface area contributed by atoms with Crippen LogP contribution in [0.2, 0.25) is 0 Å². The van der Waals surface area contributed by atoms with E-state index in [0.29, 0.717) is 36.7 Å². The third-order valence-electron chi connectivity index (χ3n) is 4.27. The van der Waals surface area contributed by atoms with Crippen molar-refractivity contribution in [3.05, 3.63) is 29.3 Å². The Morgan fingerprint density at radius 1 is 1.30 bits per heavy atom. The molecule has 23 heavy (non-hydrogen) atoms. The summed E-state index contributed by atoms with van der Waals surface area (Å²) >= 11 is 0. The van der Waals surface area contributed by atoms with Crippen molar-refractivity contribution in [2.45, 2.75) is 46.1 Å². The van der Waals surface area contributed by atoms with Crippen molar-refractivity contribution < 1.29 is 9.59 Å². The van der Waals surface area contributed by atoms with Crippen LogP contribution in [0.3, 0.4) is 0 Å². The molecule has 1 aliphatic rings. The summed E-state index contributed by atoms with van der Waals surface area (Å²) in [4.78, 5) is 26.4. The molecule has 0 spiro atoms. The van der Waals surface area contributed by atoms with Gasteiger partial charge in [0.05, 0.1) is 0 Å². The highest BCUT2D eigenvalue weighted by atomic mass is 16.2. The van der Waals surface area contributed by atoms with Crippen LogP contribution in [-0.2, 0) is 4.79 Å². The van der Waals surface area contributed by atoms with Gasteiger partial charge in [0.2, 0.25) is 5.91 Å². The quantitative estimate of drug-likeness (QED) is 0.837. The molecule has 0 bridgehead atoms. The maximum Gasteiger partial charge on any atom is 0.251 e. The molecule has 3 N–H and O–H groups in total. The van der Waals surface area contributed by atoms with E-state index in [1.807, 2.05) is 17.9 Å². The second-order valence-electron chi connectivity index (χ2n) is 6.80. The molecule has 0 radical (unpaired) electrons. The Bertz CT molecular complexity index is 576. The van der Waals surface area contributed by atoms with E-state index < -0.39 is 0 Å². The number of piperidine rings is 1.